The number of ether oxygens (including phenoxy) is 1. The van der Waals surface area contributed by atoms with Gasteiger partial charge in [-0.05, 0) is 11.6 Å². The number of aromatic nitrogens is 1. The van der Waals surface area contributed by atoms with E-state index in [-0.39, 0.29) is 5.97 Å². The van der Waals surface area contributed by atoms with Gasteiger partial charge in [0.15, 0.2) is 0 Å². The first-order valence-corrected chi connectivity index (χ1v) is 6.98. The van der Waals surface area contributed by atoms with Gasteiger partial charge in [-0.1, -0.05) is 48.5 Å². The second-order valence-electron chi connectivity index (χ2n) is 5.07. The topological polar surface area (TPSA) is 31.2 Å². The molecule has 0 atom stereocenters. The average molecular weight is 279 g/mol. The highest BCUT2D eigenvalue weighted by molar-refractivity contribution is 5.84. The molecule has 0 fully saturated rings. The fourth-order valence-electron chi connectivity index (χ4n) is 2.53. The number of para-hydroxylation sites is 1. The van der Waals surface area contributed by atoms with E-state index in [0.29, 0.717) is 6.61 Å². The molecule has 0 saturated carbocycles. The third kappa shape index (κ3) is 2.97. The quantitative estimate of drug-likeness (QED) is 0.681. The van der Waals surface area contributed by atoms with Crippen LogP contribution in [0.1, 0.15) is 18.1 Å². The van der Waals surface area contributed by atoms with Crippen LogP contribution < -0.4 is 0 Å². The van der Waals surface area contributed by atoms with Crippen LogP contribution in [0.25, 0.3) is 10.9 Å². The van der Waals surface area contributed by atoms with Crippen molar-refractivity contribution in [3.05, 3.63) is 71.9 Å². The third-order valence-electron chi connectivity index (χ3n) is 3.50. The van der Waals surface area contributed by atoms with Gasteiger partial charge in [0.25, 0.3) is 0 Å². The Labute approximate surface area is 123 Å². The first-order chi connectivity index (χ1) is 10.2. The van der Waals surface area contributed by atoms with Gasteiger partial charge >= 0.3 is 5.97 Å². The lowest BCUT2D eigenvalue weighted by atomic mass is 10.2. The lowest BCUT2D eigenvalue weighted by Crippen LogP contribution is -1.99. The fraction of sp³-hybridized carbons (Fsp3) is 0.167. The van der Waals surface area contributed by atoms with E-state index in [1.165, 1.54) is 12.5 Å². The van der Waals surface area contributed by atoms with Crippen LogP contribution >= 0.6 is 0 Å². The van der Waals surface area contributed by atoms with E-state index in [0.717, 1.165) is 23.0 Å². The SMILES string of the molecule is CC(=O)OCc1cn(Cc2ccccc2)c2ccccc12. The average Bonchev–Trinajstić information content (AvgIpc) is 2.85. The minimum atomic E-state index is -0.255. The summed E-state index contributed by atoms with van der Waals surface area (Å²) in [4.78, 5) is 11.0. The molecule has 106 valence electrons. The molecule has 3 heteroatoms. The maximum Gasteiger partial charge on any atom is 0.302 e. The standard InChI is InChI=1S/C18H17NO2/c1-14(20)21-13-16-12-19(11-15-7-3-2-4-8-15)18-10-6-5-9-17(16)18/h2-10,12H,11,13H2,1H3. The van der Waals surface area contributed by atoms with E-state index in [4.69, 9.17) is 4.74 Å². The summed E-state index contributed by atoms with van der Waals surface area (Å²) in [6.45, 7) is 2.56. The zero-order chi connectivity index (χ0) is 14.7. The van der Waals surface area contributed by atoms with Gasteiger partial charge in [-0.2, -0.15) is 0 Å². The molecule has 0 spiro atoms. The van der Waals surface area contributed by atoms with Gasteiger partial charge in [0.2, 0.25) is 0 Å². The number of carbonyl (C=O) groups is 1. The van der Waals surface area contributed by atoms with Crippen LogP contribution in [0.15, 0.2) is 60.8 Å². The molecule has 3 rings (SSSR count). The summed E-state index contributed by atoms with van der Waals surface area (Å²) >= 11 is 0. The summed E-state index contributed by atoms with van der Waals surface area (Å²) < 4.78 is 7.35. The van der Waals surface area contributed by atoms with E-state index in [9.17, 15) is 4.79 Å². The molecule has 0 unspecified atom stereocenters. The van der Waals surface area contributed by atoms with Gasteiger partial charge in [-0.3, -0.25) is 4.79 Å². The van der Waals surface area contributed by atoms with Crippen molar-refractivity contribution in [1.82, 2.24) is 4.57 Å². The predicted octanol–water partition coefficient (Wildman–Crippen LogP) is 3.75. The van der Waals surface area contributed by atoms with Crippen molar-refractivity contribution in [3.8, 4) is 0 Å². The van der Waals surface area contributed by atoms with Crippen molar-refractivity contribution in [2.45, 2.75) is 20.1 Å². The number of rotatable bonds is 4. The zero-order valence-corrected chi connectivity index (χ0v) is 12.0. The van der Waals surface area contributed by atoms with E-state index < -0.39 is 0 Å². The third-order valence-corrected chi connectivity index (χ3v) is 3.50. The Morgan fingerprint density at radius 2 is 1.76 bits per heavy atom. The minimum absolute atomic E-state index is 0.255. The van der Waals surface area contributed by atoms with Gasteiger partial charge in [0.1, 0.15) is 6.61 Å². The van der Waals surface area contributed by atoms with Gasteiger partial charge in [0.05, 0.1) is 0 Å². The number of carbonyl (C=O) groups excluding carboxylic acids is 1. The molecule has 1 aromatic heterocycles. The monoisotopic (exact) mass is 279 g/mol. The Kier molecular flexibility index (Phi) is 3.73. The molecular formula is C18H17NO2. The summed E-state index contributed by atoms with van der Waals surface area (Å²) in [7, 11) is 0. The summed E-state index contributed by atoms with van der Waals surface area (Å²) in [6, 6.07) is 18.5. The lowest BCUT2D eigenvalue weighted by molar-refractivity contribution is -0.142. The van der Waals surface area contributed by atoms with Crippen molar-refractivity contribution >= 4 is 16.9 Å². The van der Waals surface area contributed by atoms with Crippen LogP contribution in [0.3, 0.4) is 0 Å². The Morgan fingerprint density at radius 3 is 2.52 bits per heavy atom. The molecule has 21 heavy (non-hydrogen) atoms. The number of esters is 1. The van der Waals surface area contributed by atoms with Crippen LogP contribution in [-0.4, -0.2) is 10.5 Å². The molecule has 0 aliphatic rings. The highest BCUT2D eigenvalue weighted by Gasteiger charge is 2.09. The molecule has 0 bridgehead atoms. The molecule has 3 nitrogen and oxygen atoms in total. The normalized spacial score (nSPS) is 10.7. The Hall–Kier alpha value is -2.55. The zero-order valence-electron chi connectivity index (χ0n) is 12.0. The van der Waals surface area contributed by atoms with Crippen LogP contribution in [0.2, 0.25) is 0 Å². The number of benzene rings is 2. The molecule has 0 N–H and O–H groups in total. The summed E-state index contributed by atoms with van der Waals surface area (Å²) in [6.07, 6.45) is 2.07. The Bertz CT molecular complexity index is 759. The van der Waals surface area contributed by atoms with Crippen LogP contribution in [-0.2, 0) is 22.7 Å². The largest absolute Gasteiger partial charge is 0.461 e. The van der Waals surface area contributed by atoms with E-state index in [1.807, 2.05) is 30.3 Å². The smallest absolute Gasteiger partial charge is 0.302 e. The molecule has 0 aliphatic heterocycles. The summed E-state index contributed by atoms with van der Waals surface area (Å²) in [5.74, 6) is -0.255. The summed E-state index contributed by atoms with van der Waals surface area (Å²) in [5, 5.41) is 1.13. The number of hydrogen-bond donors (Lipinski definition) is 0. The molecule has 0 aliphatic carbocycles. The van der Waals surface area contributed by atoms with Gasteiger partial charge in [0, 0.05) is 36.1 Å². The maximum absolute atomic E-state index is 11.0. The van der Waals surface area contributed by atoms with Crippen LogP contribution in [0.4, 0.5) is 0 Å². The Morgan fingerprint density at radius 1 is 1.05 bits per heavy atom. The molecule has 0 radical (unpaired) electrons. The summed E-state index contributed by atoms with van der Waals surface area (Å²) in [5.41, 5.74) is 3.44. The minimum Gasteiger partial charge on any atom is -0.461 e. The van der Waals surface area contributed by atoms with Gasteiger partial charge < -0.3 is 9.30 Å². The van der Waals surface area contributed by atoms with E-state index in [1.54, 1.807) is 0 Å². The van der Waals surface area contributed by atoms with E-state index in [2.05, 4.69) is 35.0 Å². The second kappa shape index (κ2) is 5.83. The number of fused-ring (bicyclic) bond motifs is 1. The predicted molar refractivity (Wildman–Crippen MR) is 83.0 cm³/mol. The van der Waals surface area contributed by atoms with Gasteiger partial charge in [-0.15, -0.1) is 0 Å². The van der Waals surface area contributed by atoms with Crippen molar-refractivity contribution in [1.29, 1.82) is 0 Å². The van der Waals surface area contributed by atoms with Crippen molar-refractivity contribution in [3.63, 3.8) is 0 Å². The van der Waals surface area contributed by atoms with E-state index >= 15 is 0 Å². The van der Waals surface area contributed by atoms with Crippen LogP contribution in [0, 0.1) is 0 Å². The molecular weight excluding hydrogens is 262 g/mol. The van der Waals surface area contributed by atoms with Crippen LogP contribution in [0.5, 0.6) is 0 Å². The van der Waals surface area contributed by atoms with Crippen molar-refractivity contribution in [2.24, 2.45) is 0 Å². The molecule has 1 heterocycles. The first-order valence-electron chi connectivity index (χ1n) is 6.98. The molecule has 0 amide bonds. The highest BCUT2D eigenvalue weighted by atomic mass is 16.5. The van der Waals surface area contributed by atoms with Crippen molar-refractivity contribution in [2.75, 3.05) is 0 Å². The van der Waals surface area contributed by atoms with Gasteiger partial charge in [-0.25, -0.2) is 0 Å². The highest BCUT2D eigenvalue weighted by Crippen LogP contribution is 2.23. The molecule has 2 aromatic carbocycles. The maximum atomic E-state index is 11.0. The number of nitrogens with zero attached hydrogens (tertiary/aromatic N) is 1. The lowest BCUT2D eigenvalue weighted by Gasteiger charge is -2.05. The Balaban J connectivity index is 1.96. The second-order valence-corrected chi connectivity index (χ2v) is 5.07. The molecule has 3 aromatic rings. The fourth-order valence-corrected chi connectivity index (χ4v) is 2.53. The van der Waals surface area contributed by atoms with Crippen molar-refractivity contribution < 1.29 is 9.53 Å². The first kappa shape index (κ1) is 13.4. The molecule has 0 saturated heterocycles. The number of hydrogen-bond acceptors (Lipinski definition) is 2.